The number of piperazine rings is 1. The predicted octanol–water partition coefficient (Wildman–Crippen LogP) is -0.341. The first kappa shape index (κ1) is 20.2. The molecule has 2 rings (SSSR count). The van der Waals surface area contributed by atoms with Crippen molar-refractivity contribution in [2.45, 2.75) is 6.92 Å². The van der Waals surface area contributed by atoms with Crippen molar-refractivity contribution in [1.82, 2.24) is 15.1 Å². The summed E-state index contributed by atoms with van der Waals surface area (Å²) in [5, 5.41) is 2.43. The average molecular weight is 377 g/mol. The van der Waals surface area contributed by atoms with Gasteiger partial charge in [-0.2, -0.15) is 0 Å². The van der Waals surface area contributed by atoms with Crippen LogP contribution in [0, 0.1) is 0 Å². The summed E-state index contributed by atoms with van der Waals surface area (Å²) in [5.41, 5.74) is 0.378. The van der Waals surface area contributed by atoms with E-state index in [1.165, 1.54) is 14.0 Å². The molecule has 0 radical (unpaired) electrons. The highest BCUT2D eigenvalue weighted by Crippen LogP contribution is 2.11. The molecule has 1 aromatic carbocycles. The monoisotopic (exact) mass is 377 g/mol. The fourth-order valence-electron chi connectivity index (χ4n) is 2.55. The Morgan fingerprint density at radius 2 is 1.59 bits per heavy atom. The van der Waals surface area contributed by atoms with Crippen molar-refractivity contribution in [2.24, 2.45) is 0 Å². The number of rotatable bonds is 6. The third-order valence-corrected chi connectivity index (χ3v) is 4.18. The lowest BCUT2D eigenvalue weighted by atomic mass is 10.2. The molecule has 0 aromatic heterocycles. The van der Waals surface area contributed by atoms with Crippen LogP contribution in [0.3, 0.4) is 0 Å². The summed E-state index contributed by atoms with van der Waals surface area (Å²) in [6, 6.07) is 6.42. The highest BCUT2D eigenvalue weighted by molar-refractivity contribution is 5.96. The molecule has 9 heteroatoms. The molecule has 1 fully saturated rings. The van der Waals surface area contributed by atoms with E-state index in [0.29, 0.717) is 37.5 Å². The van der Waals surface area contributed by atoms with Gasteiger partial charge in [-0.3, -0.25) is 19.2 Å². The third kappa shape index (κ3) is 5.98. The fourth-order valence-corrected chi connectivity index (χ4v) is 2.55. The maximum absolute atomic E-state index is 12.0. The van der Waals surface area contributed by atoms with Gasteiger partial charge in [-0.05, 0) is 24.3 Å². The molecule has 1 heterocycles. The van der Waals surface area contributed by atoms with Gasteiger partial charge in [0.2, 0.25) is 5.91 Å². The maximum atomic E-state index is 12.0. The molecule has 1 N–H and O–H groups in total. The van der Waals surface area contributed by atoms with Crippen LogP contribution in [0.25, 0.3) is 0 Å². The second kappa shape index (κ2) is 9.56. The molecule has 0 unspecified atom stereocenters. The van der Waals surface area contributed by atoms with E-state index in [1.807, 2.05) is 0 Å². The lowest BCUT2D eigenvalue weighted by Crippen LogP contribution is -2.51. The summed E-state index contributed by atoms with van der Waals surface area (Å²) in [6.45, 7) is 2.50. The Bertz CT molecular complexity index is 696. The summed E-state index contributed by atoms with van der Waals surface area (Å²) in [5.74, 6) is -0.864. The van der Waals surface area contributed by atoms with Crippen molar-refractivity contribution in [3.63, 3.8) is 0 Å². The number of hydrogen-bond donors (Lipinski definition) is 1. The van der Waals surface area contributed by atoms with E-state index >= 15 is 0 Å². The van der Waals surface area contributed by atoms with Crippen LogP contribution in [0.5, 0.6) is 5.75 Å². The van der Waals surface area contributed by atoms with Gasteiger partial charge < -0.3 is 24.6 Å². The molecule has 0 bridgehead atoms. The highest BCUT2D eigenvalue weighted by Gasteiger charge is 2.23. The van der Waals surface area contributed by atoms with Crippen LogP contribution in [0.4, 0.5) is 0 Å². The van der Waals surface area contributed by atoms with E-state index in [-0.39, 0.29) is 18.4 Å². The first-order chi connectivity index (χ1) is 12.9. The van der Waals surface area contributed by atoms with Gasteiger partial charge in [-0.15, -0.1) is 0 Å². The molecule has 1 aliphatic rings. The van der Waals surface area contributed by atoms with Crippen LogP contribution in [-0.4, -0.2) is 79.9 Å². The van der Waals surface area contributed by atoms with Gasteiger partial charge in [0, 0.05) is 38.7 Å². The molecule has 9 nitrogen and oxygen atoms in total. The topological polar surface area (TPSA) is 105 Å². The summed E-state index contributed by atoms with van der Waals surface area (Å²) in [4.78, 5) is 50.2. The van der Waals surface area contributed by atoms with Crippen LogP contribution in [0.2, 0.25) is 0 Å². The molecule has 0 spiro atoms. The number of carbonyl (C=O) groups excluding carboxylic acids is 4. The Morgan fingerprint density at radius 1 is 1.00 bits per heavy atom. The first-order valence-electron chi connectivity index (χ1n) is 8.52. The molecular formula is C18H23N3O6. The Kier molecular flexibility index (Phi) is 7.16. The zero-order valence-electron chi connectivity index (χ0n) is 15.4. The SMILES string of the molecule is COc1ccc(C(=O)NCC(=O)OCC(=O)N2CCN(C(C)=O)CC2)cc1. The number of benzene rings is 1. The van der Waals surface area contributed by atoms with Crippen LogP contribution in [0.1, 0.15) is 17.3 Å². The van der Waals surface area contributed by atoms with E-state index in [4.69, 9.17) is 9.47 Å². The van der Waals surface area contributed by atoms with Gasteiger partial charge in [-0.1, -0.05) is 0 Å². The standard InChI is InChI=1S/C18H23N3O6/c1-13(22)20-7-9-21(10-8-20)16(23)12-27-17(24)11-19-18(25)14-3-5-15(26-2)6-4-14/h3-6H,7-12H2,1-2H3,(H,19,25). The van der Waals surface area contributed by atoms with E-state index in [2.05, 4.69) is 5.32 Å². The quantitative estimate of drug-likeness (QED) is 0.680. The Hall–Kier alpha value is -3.10. The number of nitrogens with zero attached hydrogens (tertiary/aromatic N) is 2. The number of carbonyl (C=O) groups is 4. The molecule has 0 saturated carbocycles. The molecule has 0 atom stereocenters. The van der Waals surface area contributed by atoms with Crippen LogP contribution in [0.15, 0.2) is 24.3 Å². The molecule has 1 aromatic rings. The minimum absolute atomic E-state index is 0.0267. The van der Waals surface area contributed by atoms with Gasteiger partial charge in [0.25, 0.3) is 11.8 Å². The zero-order chi connectivity index (χ0) is 19.8. The number of amides is 3. The lowest BCUT2D eigenvalue weighted by molar-refractivity contribution is -0.152. The zero-order valence-corrected chi connectivity index (χ0v) is 15.4. The Morgan fingerprint density at radius 3 is 2.15 bits per heavy atom. The van der Waals surface area contributed by atoms with Crippen molar-refractivity contribution < 1.29 is 28.7 Å². The summed E-state index contributed by atoms with van der Waals surface area (Å²) < 4.78 is 9.92. The molecule has 1 aliphatic heterocycles. The predicted molar refractivity (Wildman–Crippen MR) is 95.1 cm³/mol. The number of nitrogens with one attached hydrogen (secondary N) is 1. The van der Waals surface area contributed by atoms with E-state index < -0.39 is 18.5 Å². The smallest absolute Gasteiger partial charge is 0.325 e. The second-order valence-electron chi connectivity index (χ2n) is 5.96. The number of esters is 1. The Labute approximate surface area is 157 Å². The number of ether oxygens (including phenoxy) is 2. The molecule has 3 amide bonds. The van der Waals surface area contributed by atoms with Crippen molar-refractivity contribution in [3.05, 3.63) is 29.8 Å². The van der Waals surface area contributed by atoms with Crippen molar-refractivity contribution >= 4 is 23.7 Å². The van der Waals surface area contributed by atoms with Gasteiger partial charge in [0.15, 0.2) is 6.61 Å². The minimum Gasteiger partial charge on any atom is -0.497 e. The van der Waals surface area contributed by atoms with Crippen LogP contribution < -0.4 is 10.1 Å². The molecule has 0 aliphatic carbocycles. The van der Waals surface area contributed by atoms with E-state index in [0.717, 1.165) is 0 Å². The summed E-state index contributed by atoms with van der Waals surface area (Å²) in [6.07, 6.45) is 0. The molecule has 1 saturated heterocycles. The first-order valence-corrected chi connectivity index (χ1v) is 8.52. The molecular weight excluding hydrogens is 354 g/mol. The van der Waals surface area contributed by atoms with Crippen molar-refractivity contribution in [3.8, 4) is 5.75 Å². The van der Waals surface area contributed by atoms with Crippen LogP contribution >= 0.6 is 0 Å². The highest BCUT2D eigenvalue weighted by atomic mass is 16.5. The minimum atomic E-state index is -0.701. The normalized spacial score (nSPS) is 13.7. The van der Waals surface area contributed by atoms with Crippen LogP contribution in [-0.2, 0) is 19.1 Å². The van der Waals surface area contributed by atoms with Gasteiger partial charge >= 0.3 is 5.97 Å². The maximum Gasteiger partial charge on any atom is 0.325 e. The number of methoxy groups -OCH3 is 1. The molecule has 146 valence electrons. The van der Waals surface area contributed by atoms with Gasteiger partial charge in [-0.25, -0.2) is 0 Å². The summed E-state index contributed by atoms with van der Waals surface area (Å²) in [7, 11) is 1.52. The fraction of sp³-hybridized carbons (Fsp3) is 0.444. The summed E-state index contributed by atoms with van der Waals surface area (Å²) >= 11 is 0. The van der Waals surface area contributed by atoms with E-state index in [9.17, 15) is 19.2 Å². The van der Waals surface area contributed by atoms with Crippen molar-refractivity contribution in [2.75, 3.05) is 46.4 Å². The van der Waals surface area contributed by atoms with Gasteiger partial charge in [0.1, 0.15) is 12.3 Å². The lowest BCUT2D eigenvalue weighted by Gasteiger charge is -2.34. The number of hydrogen-bond acceptors (Lipinski definition) is 6. The largest absolute Gasteiger partial charge is 0.497 e. The molecule has 27 heavy (non-hydrogen) atoms. The average Bonchev–Trinajstić information content (AvgIpc) is 2.70. The Balaban J connectivity index is 1.69. The second-order valence-corrected chi connectivity index (χ2v) is 5.96. The van der Waals surface area contributed by atoms with Crippen molar-refractivity contribution in [1.29, 1.82) is 0 Å². The van der Waals surface area contributed by atoms with Gasteiger partial charge in [0.05, 0.1) is 7.11 Å². The third-order valence-electron chi connectivity index (χ3n) is 4.18. The van der Waals surface area contributed by atoms with E-state index in [1.54, 1.807) is 34.1 Å².